The van der Waals surface area contributed by atoms with Gasteiger partial charge in [0, 0.05) is 17.5 Å². The highest BCUT2D eigenvalue weighted by molar-refractivity contribution is 5.94. The molecular weight excluding hydrogens is 276 g/mol. The van der Waals surface area contributed by atoms with E-state index in [4.69, 9.17) is 4.74 Å². The third-order valence-electron chi connectivity index (χ3n) is 3.38. The molecule has 1 aliphatic rings. The molecule has 0 aromatic heterocycles. The zero-order valence-corrected chi connectivity index (χ0v) is 12.2. The van der Waals surface area contributed by atoms with Crippen molar-refractivity contribution in [1.29, 1.82) is 0 Å². The van der Waals surface area contributed by atoms with Gasteiger partial charge in [-0.05, 0) is 30.7 Å². The van der Waals surface area contributed by atoms with Crippen molar-refractivity contribution in [3.63, 3.8) is 0 Å². The second-order valence-corrected chi connectivity index (χ2v) is 5.05. The lowest BCUT2D eigenvalue weighted by molar-refractivity contribution is -0.114. The summed E-state index contributed by atoms with van der Waals surface area (Å²) in [5, 5.41) is 3.09. The van der Waals surface area contributed by atoms with Crippen molar-refractivity contribution in [2.45, 2.75) is 13.0 Å². The number of amidine groups is 1. The maximum atomic E-state index is 11.2. The Morgan fingerprint density at radius 1 is 1.18 bits per heavy atom. The Morgan fingerprint density at radius 2 is 2.00 bits per heavy atom. The molecule has 0 amide bonds. The van der Waals surface area contributed by atoms with Gasteiger partial charge >= 0.3 is 0 Å². The van der Waals surface area contributed by atoms with E-state index in [-0.39, 0.29) is 0 Å². The largest absolute Gasteiger partial charge is 0.449 e. The van der Waals surface area contributed by atoms with Crippen molar-refractivity contribution >= 4 is 24.1 Å². The van der Waals surface area contributed by atoms with Gasteiger partial charge in [0.15, 0.2) is 12.4 Å². The Labute approximate surface area is 129 Å². The van der Waals surface area contributed by atoms with Crippen molar-refractivity contribution in [2.24, 2.45) is 4.99 Å². The maximum absolute atomic E-state index is 11.2. The molecule has 1 atom stereocenters. The van der Waals surface area contributed by atoms with Gasteiger partial charge in [-0.25, -0.2) is 4.99 Å². The van der Waals surface area contributed by atoms with E-state index in [1.807, 2.05) is 61.5 Å². The summed E-state index contributed by atoms with van der Waals surface area (Å²) in [5.41, 5.74) is 3.81. The van der Waals surface area contributed by atoms with Crippen molar-refractivity contribution in [3.8, 4) is 0 Å². The second-order valence-electron chi connectivity index (χ2n) is 5.05. The number of benzene rings is 2. The molecule has 0 saturated heterocycles. The fourth-order valence-corrected chi connectivity index (χ4v) is 2.28. The fourth-order valence-electron chi connectivity index (χ4n) is 2.28. The topological polar surface area (TPSA) is 50.7 Å². The number of aldehydes is 1. The van der Waals surface area contributed by atoms with Crippen LogP contribution in [0.15, 0.2) is 59.7 Å². The van der Waals surface area contributed by atoms with Crippen molar-refractivity contribution in [1.82, 2.24) is 0 Å². The van der Waals surface area contributed by atoms with Crippen molar-refractivity contribution < 1.29 is 9.53 Å². The van der Waals surface area contributed by atoms with E-state index in [0.717, 1.165) is 28.7 Å². The molecule has 0 radical (unpaired) electrons. The predicted octanol–water partition coefficient (Wildman–Crippen LogP) is 3.70. The van der Waals surface area contributed by atoms with Gasteiger partial charge in [0.2, 0.25) is 0 Å². The number of nitrogens with one attached hydrogen (secondary N) is 1. The summed E-state index contributed by atoms with van der Waals surface area (Å²) in [7, 11) is 0. The summed E-state index contributed by atoms with van der Waals surface area (Å²) < 4.78 is 5.57. The van der Waals surface area contributed by atoms with Crippen LogP contribution in [0.1, 0.15) is 22.8 Å². The standard InChI is InChI=1S/C18H16N2O2/c1-13-7-8-16-15(11-13)17(12-21)22-18(20-16)19-10-9-14-5-3-2-4-6-14/h2-12,17H,1H3,(H,19,20). The molecule has 1 unspecified atom stereocenters. The first-order valence-corrected chi connectivity index (χ1v) is 7.05. The third kappa shape index (κ3) is 3.06. The SMILES string of the molecule is Cc1ccc2c(c1)C(C=O)OC(=NC=Cc1ccccc1)N2. The number of ether oxygens (including phenoxy) is 1. The zero-order valence-electron chi connectivity index (χ0n) is 12.2. The summed E-state index contributed by atoms with van der Waals surface area (Å²) in [6, 6.07) is 16.0. The fraction of sp³-hybridized carbons (Fsp3) is 0.111. The van der Waals surface area contributed by atoms with E-state index < -0.39 is 6.10 Å². The van der Waals surface area contributed by atoms with E-state index in [1.54, 1.807) is 6.20 Å². The molecule has 110 valence electrons. The minimum absolute atomic E-state index is 0.320. The minimum atomic E-state index is -0.625. The van der Waals surface area contributed by atoms with Crippen molar-refractivity contribution in [2.75, 3.05) is 5.32 Å². The molecule has 22 heavy (non-hydrogen) atoms. The first-order chi connectivity index (χ1) is 10.8. The van der Waals surface area contributed by atoms with Gasteiger partial charge in [-0.1, -0.05) is 42.0 Å². The summed E-state index contributed by atoms with van der Waals surface area (Å²) in [4.78, 5) is 15.5. The number of carbonyl (C=O) groups excluding carboxylic acids is 1. The average molecular weight is 292 g/mol. The monoisotopic (exact) mass is 292 g/mol. The smallest absolute Gasteiger partial charge is 0.294 e. The molecule has 1 aliphatic heterocycles. The quantitative estimate of drug-likeness (QED) is 0.877. The van der Waals surface area contributed by atoms with Gasteiger partial charge in [0.1, 0.15) is 0 Å². The number of hydrogen-bond acceptors (Lipinski definition) is 3. The number of anilines is 1. The third-order valence-corrected chi connectivity index (χ3v) is 3.38. The molecule has 1 heterocycles. The van der Waals surface area contributed by atoms with Crippen molar-refractivity contribution in [3.05, 3.63) is 71.4 Å². The lowest BCUT2D eigenvalue weighted by Crippen LogP contribution is -2.26. The molecule has 3 rings (SSSR count). The molecule has 0 spiro atoms. The zero-order chi connectivity index (χ0) is 15.4. The van der Waals surface area contributed by atoms with E-state index in [9.17, 15) is 4.79 Å². The van der Waals surface area contributed by atoms with E-state index in [1.165, 1.54) is 0 Å². The van der Waals surface area contributed by atoms with Crippen LogP contribution in [-0.4, -0.2) is 12.3 Å². The van der Waals surface area contributed by atoms with Crippen LogP contribution in [0.3, 0.4) is 0 Å². The maximum Gasteiger partial charge on any atom is 0.294 e. The van der Waals surface area contributed by atoms with Gasteiger partial charge in [0.25, 0.3) is 6.02 Å². The van der Waals surface area contributed by atoms with Crippen LogP contribution in [0.4, 0.5) is 5.69 Å². The Kier molecular flexibility index (Phi) is 4.01. The van der Waals surface area contributed by atoms with Gasteiger partial charge < -0.3 is 10.1 Å². The molecule has 2 aromatic rings. The van der Waals surface area contributed by atoms with Crippen LogP contribution in [-0.2, 0) is 9.53 Å². The molecule has 0 fully saturated rings. The highest BCUT2D eigenvalue weighted by Crippen LogP contribution is 2.30. The van der Waals surface area contributed by atoms with E-state index in [0.29, 0.717) is 6.02 Å². The normalized spacial score (nSPS) is 18.6. The molecular formula is C18H16N2O2. The average Bonchev–Trinajstić information content (AvgIpc) is 2.55. The lowest BCUT2D eigenvalue weighted by atomic mass is 10.0. The first kappa shape index (κ1) is 14.1. The Bertz CT molecular complexity index is 736. The summed E-state index contributed by atoms with van der Waals surface area (Å²) in [6.07, 6.45) is 3.69. The second kappa shape index (κ2) is 6.26. The number of rotatable bonds is 3. The van der Waals surface area contributed by atoms with Crippen LogP contribution in [0.2, 0.25) is 0 Å². The lowest BCUT2D eigenvalue weighted by Gasteiger charge is -2.25. The van der Waals surface area contributed by atoms with Gasteiger partial charge in [-0.2, -0.15) is 0 Å². The molecule has 4 nitrogen and oxygen atoms in total. The minimum Gasteiger partial charge on any atom is -0.449 e. The predicted molar refractivity (Wildman–Crippen MR) is 87.6 cm³/mol. The van der Waals surface area contributed by atoms with Gasteiger partial charge in [0.05, 0.1) is 0 Å². The van der Waals surface area contributed by atoms with Gasteiger partial charge in [-0.3, -0.25) is 4.79 Å². The van der Waals surface area contributed by atoms with Gasteiger partial charge in [-0.15, -0.1) is 0 Å². The van der Waals surface area contributed by atoms with Crippen LogP contribution >= 0.6 is 0 Å². The number of fused-ring (bicyclic) bond motifs is 1. The van der Waals surface area contributed by atoms with Crippen LogP contribution in [0.25, 0.3) is 6.08 Å². The Hall–Kier alpha value is -2.88. The van der Waals surface area contributed by atoms with Crippen LogP contribution < -0.4 is 5.32 Å². The molecule has 0 saturated carbocycles. The summed E-state index contributed by atoms with van der Waals surface area (Å²) in [5.74, 6) is 0. The molecule has 0 bridgehead atoms. The van der Waals surface area contributed by atoms with Crippen LogP contribution in [0.5, 0.6) is 0 Å². The number of carbonyl (C=O) groups is 1. The molecule has 2 aromatic carbocycles. The molecule has 1 N–H and O–H groups in total. The summed E-state index contributed by atoms with van der Waals surface area (Å²) >= 11 is 0. The Morgan fingerprint density at radius 3 is 2.77 bits per heavy atom. The van der Waals surface area contributed by atoms with Crippen LogP contribution in [0, 0.1) is 6.92 Å². The Balaban J connectivity index is 1.82. The molecule has 4 heteroatoms. The highest BCUT2D eigenvalue weighted by atomic mass is 16.5. The first-order valence-electron chi connectivity index (χ1n) is 7.05. The summed E-state index contributed by atoms with van der Waals surface area (Å²) in [6.45, 7) is 1.98. The number of aliphatic imine (C=N–C) groups is 1. The highest BCUT2D eigenvalue weighted by Gasteiger charge is 2.24. The van der Waals surface area contributed by atoms with E-state index >= 15 is 0 Å². The number of nitrogens with zero attached hydrogens (tertiary/aromatic N) is 1. The van der Waals surface area contributed by atoms with E-state index in [2.05, 4.69) is 10.3 Å². The number of hydrogen-bond donors (Lipinski definition) is 1. The number of aryl methyl sites for hydroxylation is 1. The molecule has 0 aliphatic carbocycles.